The molecule has 1 saturated heterocycles. The van der Waals surface area contributed by atoms with Crippen LogP contribution in [0, 0.1) is 0 Å². The standard InChI is InChI=1S/C14H19NO6S/c1-14(2,3)21-13(16)15-12(9-20-22(15,17)18)10-6-5-7-11(8-10)19-4/h5-8,12H,9H2,1-4H3. The van der Waals surface area contributed by atoms with Crippen molar-refractivity contribution in [2.75, 3.05) is 13.7 Å². The van der Waals surface area contributed by atoms with Crippen molar-refractivity contribution in [2.45, 2.75) is 32.4 Å². The van der Waals surface area contributed by atoms with E-state index in [1.807, 2.05) is 0 Å². The van der Waals surface area contributed by atoms with Crippen LogP contribution in [-0.4, -0.2) is 38.1 Å². The number of benzene rings is 1. The van der Waals surface area contributed by atoms with Gasteiger partial charge in [0.2, 0.25) is 0 Å². The fraction of sp³-hybridized carbons (Fsp3) is 0.500. The average molecular weight is 329 g/mol. The Morgan fingerprint density at radius 2 is 2.05 bits per heavy atom. The first kappa shape index (κ1) is 16.6. The topological polar surface area (TPSA) is 82.1 Å². The largest absolute Gasteiger partial charge is 0.497 e. The summed E-state index contributed by atoms with van der Waals surface area (Å²) in [5.74, 6) is 0.561. The van der Waals surface area contributed by atoms with Crippen molar-refractivity contribution >= 4 is 16.4 Å². The van der Waals surface area contributed by atoms with Crippen molar-refractivity contribution in [3.63, 3.8) is 0 Å². The van der Waals surface area contributed by atoms with Crippen LogP contribution in [0.2, 0.25) is 0 Å². The van der Waals surface area contributed by atoms with Gasteiger partial charge in [-0.2, -0.15) is 12.7 Å². The summed E-state index contributed by atoms with van der Waals surface area (Å²) in [6.45, 7) is 4.83. The van der Waals surface area contributed by atoms with Crippen molar-refractivity contribution in [1.29, 1.82) is 0 Å². The molecular formula is C14H19NO6S. The summed E-state index contributed by atoms with van der Waals surface area (Å²) < 4.78 is 39.7. The zero-order valence-electron chi connectivity index (χ0n) is 12.9. The highest BCUT2D eigenvalue weighted by Gasteiger charge is 2.45. The molecule has 0 radical (unpaired) electrons. The lowest BCUT2D eigenvalue weighted by Crippen LogP contribution is -2.39. The SMILES string of the molecule is COc1cccc(C2COS(=O)(=O)N2C(=O)OC(C)(C)C)c1. The highest BCUT2D eigenvalue weighted by Crippen LogP contribution is 2.34. The van der Waals surface area contributed by atoms with Gasteiger partial charge in [-0.25, -0.2) is 4.79 Å². The molecule has 7 nitrogen and oxygen atoms in total. The molecule has 0 N–H and O–H groups in total. The van der Waals surface area contributed by atoms with E-state index in [2.05, 4.69) is 0 Å². The van der Waals surface area contributed by atoms with Gasteiger partial charge in [0, 0.05) is 0 Å². The minimum Gasteiger partial charge on any atom is -0.497 e. The second kappa shape index (κ2) is 5.77. The molecule has 1 aromatic rings. The van der Waals surface area contributed by atoms with E-state index in [-0.39, 0.29) is 6.61 Å². The minimum atomic E-state index is -4.16. The fourth-order valence-corrected chi connectivity index (χ4v) is 3.17. The van der Waals surface area contributed by atoms with Gasteiger partial charge in [-0.15, -0.1) is 0 Å². The van der Waals surface area contributed by atoms with Gasteiger partial charge < -0.3 is 9.47 Å². The van der Waals surface area contributed by atoms with Gasteiger partial charge in [-0.1, -0.05) is 12.1 Å². The minimum absolute atomic E-state index is 0.158. The third-order valence-corrected chi connectivity index (χ3v) is 4.27. The predicted octanol–water partition coefficient (Wildman–Crippen LogP) is 2.25. The Morgan fingerprint density at radius 1 is 1.36 bits per heavy atom. The molecule has 1 fully saturated rings. The first-order valence-corrected chi connectivity index (χ1v) is 8.06. The molecule has 1 aliphatic rings. The van der Waals surface area contributed by atoms with Gasteiger partial charge in [-0.05, 0) is 38.5 Å². The molecule has 1 amide bonds. The zero-order chi connectivity index (χ0) is 16.5. The Hall–Kier alpha value is -1.80. The van der Waals surface area contributed by atoms with Crippen molar-refractivity contribution in [3.05, 3.63) is 29.8 Å². The maximum atomic E-state index is 12.2. The van der Waals surface area contributed by atoms with E-state index in [9.17, 15) is 13.2 Å². The number of rotatable bonds is 2. The van der Waals surface area contributed by atoms with Crippen LogP contribution in [0.15, 0.2) is 24.3 Å². The Balaban J connectivity index is 2.36. The van der Waals surface area contributed by atoms with Gasteiger partial charge in [0.25, 0.3) is 0 Å². The molecule has 0 saturated carbocycles. The molecule has 1 atom stereocenters. The Kier molecular flexibility index (Phi) is 4.35. The molecule has 122 valence electrons. The average Bonchev–Trinajstić information content (AvgIpc) is 2.72. The van der Waals surface area contributed by atoms with Gasteiger partial charge in [0.15, 0.2) is 0 Å². The van der Waals surface area contributed by atoms with E-state index in [1.54, 1.807) is 45.0 Å². The van der Waals surface area contributed by atoms with Crippen molar-refractivity contribution in [3.8, 4) is 5.75 Å². The van der Waals surface area contributed by atoms with Gasteiger partial charge in [0.1, 0.15) is 17.4 Å². The Bertz CT molecular complexity index is 664. The monoisotopic (exact) mass is 329 g/mol. The number of amides is 1. The van der Waals surface area contributed by atoms with Crippen molar-refractivity contribution in [2.24, 2.45) is 0 Å². The van der Waals surface area contributed by atoms with E-state index < -0.39 is 28.0 Å². The van der Waals surface area contributed by atoms with Crippen LogP contribution in [0.1, 0.15) is 32.4 Å². The lowest BCUT2D eigenvalue weighted by atomic mass is 10.1. The van der Waals surface area contributed by atoms with Crippen LogP contribution in [0.3, 0.4) is 0 Å². The second-order valence-electron chi connectivity index (χ2n) is 5.81. The quantitative estimate of drug-likeness (QED) is 0.827. The smallest absolute Gasteiger partial charge is 0.426 e. The molecule has 0 aromatic heterocycles. The predicted molar refractivity (Wildman–Crippen MR) is 78.7 cm³/mol. The van der Waals surface area contributed by atoms with Gasteiger partial charge >= 0.3 is 16.4 Å². The van der Waals surface area contributed by atoms with E-state index in [1.165, 1.54) is 7.11 Å². The van der Waals surface area contributed by atoms with Crippen molar-refractivity contribution < 1.29 is 26.9 Å². The van der Waals surface area contributed by atoms with Gasteiger partial charge in [-0.3, -0.25) is 4.18 Å². The first-order chi connectivity index (χ1) is 10.1. The Labute approximate surface area is 130 Å². The molecule has 1 aliphatic heterocycles. The van der Waals surface area contributed by atoms with Crippen LogP contribution in [0.4, 0.5) is 4.79 Å². The summed E-state index contributed by atoms with van der Waals surface area (Å²) in [6, 6.07) is 6.02. The van der Waals surface area contributed by atoms with E-state index in [0.29, 0.717) is 15.6 Å². The number of carbonyl (C=O) groups excluding carboxylic acids is 1. The number of hydrogen-bond acceptors (Lipinski definition) is 6. The molecule has 0 spiro atoms. The van der Waals surface area contributed by atoms with Crippen LogP contribution >= 0.6 is 0 Å². The van der Waals surface area contributed by atoms with Crippen LogP contribution < -0.4 is 4.74 Å². The summed E-state index contributed by atoms with van der Waals surface area (Å²) in [5.41, 5.74) is -0.222. The van der Waals surface area contributed by atoms with Crippen LogP contribution in [0.5, 0.6) is 5.75 Å². The fourth-order valence-electron chi connectivity index (χ4n) is 2.04. The van der Waals surface area contributed by atoms with Gasteiger partial charge in [0.05, 0.1) is 13.7 Å². The Morgan fingerprint density at radius 3 is 2.64 bits per heavy atom. The number of methoxy groups -OCH3 is 1. The second-order valence-corrected chi connectivity index (χ2v) is 7.30. The van der Waals surface area contributed by atoms with Crippen molar-refractivity contribution in [1.82, 2.24) is 4.31 Å². The summed E-state index contributed by atoms with van der Waals surface area (Å²) in [5, 5.41) is 0. The van der Waals surface area contributed by atoms with E-state index in [0.717, 1.165) is 0 Å². The highest BCUT2D eigenvalue weighted by atomic mass is 32.2. The molecule has 0 aliphatic carbocycles. The lowest BCUT2D eigenvalue weighted by molar-refractivity contribution is 0.0356. The first-order valence-electron chi connectivity index (χ1n) is 6.70. The van der Waals surface area contributed by atoms with E-state index >= 15 is 0 Å². The zero-order valence-corrected chi connectivity index (χ0v) is 13.7. The molecular weight excluding hydrogens is 310 g/mol. The summed E-state index contributed by atoms with van der Waals surface area (Å²) in [6.07, 6.45) is -0.960. The van der Waals surface area contributed by atoms with Crippen LogP contribution in [0.25, 0.3) is 0 Å². The highest BCUT2D eigenvalue weighted by molar-refractivity contribution is 7.85. The summed E-state index contributed by atoms with van der Waals surface area (Å²) >= 11 is 0. The number of nitrogens with zero attached hydrogens (tertiary/aromatic N) is 1. The molecule has 1 unspecified atom stereocenters. The molecule has 1 aromatic carbocycles. The molecule has 22 heavy (non-hydrogen) atoms. The van der Waals surface area contributed by atoms with E-state index in [4.69, 9.17) is 13.7 Å². The summed E-state index contributed by atoms with van der Waals surface area (Å²) in [7, 11) is -2.65. The van der Waals surface area contributed by atoms with Crippen LogP contribution in [-0.2, 0) is 19.2 Å². The maximum Gasteiger partial charge on any atom is 0.426 e. The maximum absolute atomic E-state index is 12.2. The molecule has 2 rings (SSSR count). The number of hydrogen-bond donors (Lipinski definition) is 0. The lowest BCUT2D eigenvalue weighted by Gasteiger charge is -2.26. The summed E-state index contributed by atoms with van der Waals surface area (Å²) in [4.78, 5) is 12.2. The molecule has 1 heterocycles. The number of carbonyl (C=O) groups is 1. The normalized spacial score (nSPS) is 20.7. The third-order valence-electron chi connectivity index (χ3n) is 2.95. The number of ether oxygens (including phenoxy) is 2. The third kappa shape index (κ3) is 3.50. The molecule has 0 bridgehead atoms. The molecule has 8 heteroatoms.